The molecule has 1 aromatic carbocycles. The van der Waals surface area contributed by atoms with E-state index in [1.165, 1.54) is 6.07 Å². The molecule has 112 valence electrons. The first-order valence-electron chi connectivity index (χ1n) is 6.94. The van der Waals surface area contributed by atoms with E-state index < -0.39 is 4.92 Å². The van der Waals surface area contributed by atoms with Crippen molar-refractivity contribution < 1.29 is 4.92 Å². The molecule has 0 unspecified atom stereocenters. The lowest BCUT2D eigenvalue weighted by Gasteiger charge is -2.17. The summed E-state index contributed by atoms with van der Waals surface area (Å²) in [5.74, 6) is 0. The molecule has 0 aliphatic rings. The molecule has 5 nitrogen and oxygen atoms in total. The van der Waals surface area contributed by atoms with Gasteiger partial charge in [-0.05, 0) is 44.7 Å². The van der Waals surface area contributed by atoms with Gasteiger partial charge in [0, 0.05) is 23.2 Å². The van der Waals surface area contributed by atoms with Crippen molar-refractivity contribution in [2.24, 2.45) is 0 Å². The number of nitrogens with zero attached hydrogens (tertiary/aromatic N) is 2. The van der Waals surface area contributed by atoms with Gasteiger partial charge in [0.1, 0.15) is 0 Å². The van der Waals surface area contributed by atoms with Crippen LogP contribution in [0.15, 0.2) is 18.2 Å². The molecule has 0 spiro atoms. The second-order valence-electron chi connectivity index (χ2n) is 4.59. The van der Waals surface area contributed by atoms with E-state index in [0.717, 1.165) is 32.6 Å². The lowest BCUT2D eigenvalue weighted by molar-refractivity contribution is -0.385. The Morgan fingerprint density at radius 1 is 1.35 bits per heavy atom. The van der Waals surface area contributed by atoms with Gasteiger partial charge in [0.25, 0.3) is 5.69 Å². The summed E-state index contributed by atoms with van der Waals surface area (Å²) < 4.78 is 0. The largest absolute Gasteiger partial charge is 0.312 e. The number of halogens is 1. The maximum absolute atomic E-state index is 10.9. The maximum Gasteiger partial charge on any atom is 0.275 e. The Morgan fingerprint density at radius 2 is 2.05 bits per heavy atom. The highest BCUT2D eigenvalue weighted by atomic mass is 35.5. The third-order valence-corrected chi connectivity index (χ3v) is 3.52. The SMILES string of the molecule is CCN(CC)CCCNCc1ccc(Cl)cc1[N+](=O)[O-]. The highest BCUT2D eigenvalue weighted by molar-refractivity contribution is 6.30. The molecule has 1 aromatic rings. The molecule has 0 fully saturated rings. The van der Waals surface area contributed by atoms with Crippen molar-refractivity contribution in [3.05, 3.63) is 38.9 Å². The Labute approximate surface area is 125 Å². The minimum atomic E-state index is -0.390. The predicted octanol–water partition coefficient (Wildman–Crippen LogP) is 3.07. The fraction of sp³-hybridized carbons (Fsp3) is 0.571. The summed E-state index contributed by atoms with van der Waals surface area (Å²) in [6, 6.07) is 4.79. The number of rotatable bonds is 9. The van der Waals surface area contributed by atoms with Crippen LogP contribution in [0.5, 0.6) is 0 Å². The minimum Gasteiger partial charge on any atom is -0.312 e. The molecule has 0 radical (unpaired) electrons. The molecule has 0 atom stereocenters. The Kier molecular flexibility index (Phi) is 7.51. The summed E-state index contributed by atoms with van der Waals surface area (Å²) in [5, 5.41) is 14.6. The molecule has 6 heteroatoms. The monoisotopic (exact) mass is 299 g/mol. The molecule has 20 heavy (non-hydrogen) atoms. The molecule has 1 rings (SSSR count). The molecule has 0 aromatic heterocycles. The topological polar surface area (TPSA) is 58.4 Å². The van der Waals surface area contributed by atoms with Gasteiger partial charge in [0.05, 0.1) is 4.92 Å². The molecule has 0 saturated heterocycles. The minimum absolute atomic E-state index is 0.0775. The van der Waals surface area contributed by atoms with Crippen LogP contribution in [0.2, 0.25) is 5.02 Å². The highest BCUT2D eigenvalue weighted by Gasteiger charge is 2.13. The Balaban J connectivity index is 2.41. The van der Waals surface area contributed by atoms with Gasteiger partial charge in [-0.2, -0.15) is 0 Å². The summed E-state index contributed by atoms with van der Waals surface area (Å²) in [7, 11) is 0. The van der Waals surface area contributed by atoms with Crippen molar-refractivity contribution in [1.29, 1.82) is 0 Å². The summed E-state index contributed by atoms with van der Waals surface area (Å²) in [4.78, 5) is 12.9. The van der Waals surface area contributed by atoms with E-state index in [1.807, 2.05) is 0 Å². The first kappa shape index (κ1) is 16.9. The van der Waals surface area contributed by atoms with E-state index in [2.05, 4.69) is 24.1 Å². The van der Waals surface area contributed by atoms with Crippen molar-refractivity contribution >= 4 is 17.3 Å². The van der Waals surface area contributed by atoms with Crippen LogP contribution in [0.3, 0.4) is 0 Å². The molecule has 0 aliphatic heterocycles. The molecule has 1 N–H and O–H groups in total. The Morgan fingerprint density at radius 3 is 2.65 bits per heavy atom. The lowest BCUT2D eigenvalue weighted by atomic mass is 10.2. The molecular formula is C14H22ClN3O2. The van der Waals surface area contributed by atoms with Gasteiger partial charge in [0.2, 0.25) is 0 Å². The van der Waals surface area contributed by atoms with E-state index >= 15 is 0 Å². The number of nitro benzene ring substituents is 1. The van der Waals surface area contributed by atoms with Gasteiger partial charge in [-0.3, -0.25) is 10.1 Å². The van der Waals surface area contributed by atoms with Crippen molar-refractivity contribution in [2.75, 3.05) is 26.2 Å². The second kappa shape index (κ2) is 8.89. The van der Waals surface area contributed by atoms with Gasteiger partial charge in [0.15, 0.2) is 0 Å². The summed E-state index contributed by atoms with van der Waals surface area (Å²) >= 11 is 5.78. The van der Waals surface area contributed by atoms with E-state index in [-0.39, 0.29) is 5.69 Å². The maximum atomic E-state index is 10.9. The smallest absolute Gasteiger partial charge is 0.275 e. The average molecular weight is 300 g/mol. The Hall–Kier alpha value is -1.17. The van der Waals surface area contributed by atoms with Crippen LogP contribution in [-0.2, 0) is 6.54 Å². The zero-order valence-corrected chi connectivity index (χ0v) is 12.8. The van der Waals surface area contributed by atoms with Crippen molar-refractivity contribution in [2.45, 2.75) is 26.8 Å². The normalized spacial score (nSPS) is 11.0. The van der Waals surface area contributed by atoms with Crippen LogP contribution in [-0.4, -0.2) is 36.0 Å². The lowest BCUT2D eigenvalue weighted by Crippen LogP contribution is -2.27. The van der Waals surface area contributed by atoms with Crippen molar-refractivity contribution in [1.82, 2.24) is 10.2 Å². The van der Waals surface area contributed by atoms with Gasteiger partial charge in [-0.25, -0.2) is 0 Å². The first-order valence-corrected chi connectivity index (χ1v) is 7.32. The van der Waals surface area contributed by atoms with E-state index in [4.69, 9.17) is 11.6 Å². The second-order valence-corrected chi connectivity index (χ2v) is 5.02. The van der Waals surface area contributed by atoms with E-state index in [0.29, 0.717) is 17.1 Å². The number of nitro groups is 1. The van der Waals surface area contributed by atoms with Crippen LogP contribution in [0.4, 0.5) is 5.69 Å². The zero-order chi connectivity index (χ0) is 15.0. The van der Waals surface area contributed by atoms with Gasteiger partial charge >= 0.3 is 0 Å². The van der Waals surface area contributed by atoms with Crippen molar-refractivity contribution in [3.8, 4) is 0 Å². The fourth-order valence-electron chi connectivity index (χ4n) is 2.05. The number of hydrogen-bond acceptors (Lipinski definition) is 4. The predicted molar refractivity (Wildman–Crippen MR) is 82.2 cm³/mol. The number of hydrogen-bond donors (Lipinski definition) is 1. The molecule has 0 amide bonds. The van der Waals surface area contributed by atoms with Gasteiger partial charge in [-0.1, -0.05) is 25.4 Å². The van der Waals surface area contributed by atoms with E-state index in [9.17, 15) is 10.1 Å². The summed E-state index contributed by atoms with van der Waals surface area (Å²) in [5.41, 5.74) is 0.746. The Bertz CT molecular complexity index is 436. The molecule has 0 heterocycles. The van der Waals surface area contributed by atoms with Crippen molar-refractivity contribution in [3.63, 3.8) is 0 Å². The van der Waals surface area contributed by atoms with Crippen LogP contribution >= 0.6 is 11.6 Å². The number of benzene rings is 1. The quantitative estimate of drug-likeness (QED) is 0.432. The van der Waals surface area contributed by atoms with E-state index in [1.54, 1.807) is 12.1 Å². The zero-order valence-electron chi connectivity index (χ0n) is 12.1. The molecule has 0 bridgehead atoms. The molecule has 0 saturated carbocycles. The van der Waals surface area contributed by atoms with Gasteiger partial charge in [-0.15, -0.1) is 0 Å². The standard InChI is InChI=1S/C14H22ClN3O2/c1-3-17(4-2)9-5-8-16-11-12-6-7-13(15)10-14(12)18(19)20/h6-7,10,16H,3-5,8-9,11H2,1-2H3. The van der Waals surface area contributed by atoms with Crippen LogP contribution in [0.25, 0.3) is 0 Å². The summed E-state index contributed by atoms with van der Waals surface area (Å²) in [6.45, 7) is 8.78. The third kappa shape index (κ3) is 5.45. The first-order chi connectivity index (χ1) is 9.58. The average Bonchev–Trinajstić information content (AvgIpc) is 2.44. The van der Waals surface area contributed by atoms with Crippen LogP contribution in [0.1, 0.15) is 25.8 Å². The molecule has 0 aliphatic carbocycles. The van der Waals surface area contributed by atoms with Crippen LogP contribution < -0.4 is 5.32 Å². The van der Waals surface area contributed by atoms with Crippen LogP contribution in [0, 0.1) is 10.1 Å². The third-order valence-electron chi connectivity index (χ3n) is 3.28. The molecular weight excluding hydrogens is 278 g/mol. The number of nitrogens with one attached hydrogen (secondary N) is 1. The van der Waals surface area contributed by atoms with Gasteiger partial charge < -0.3 is 10.2 Å². The summed E-state index contributed by atoms with van der Waals surface area (Å²) in [6.07, 6.45) is 1.03. The fourth-order valence-corrected chi connectivity index (χ4v) is 2.21. The highest BCUT2D eigenvalue weighted by Crippen LogP contribution is 2.22.